The maximum Gasteiger partial charge on any atom is 0.193 e. The highest BCUT2D eigenvalue weighted by Gasteiger charge is 2.15. The molecule has 0 aliphatic carbocycles. The molecule has 0 N–H and O–H groups in total. The van der Waals surface area contributed by atoms with E-state index in [0.29, 0.717) is 11.1 Å². The van der Waals surface area contributed by atoms with Crippen LogP contribution >= 0.6 is 0 Å². The Morgan fingerprint density at radius 1 is 1.14 bits per heavy atom. The van der Waals surface area contributed by atoms with E-state index in [-0.39, 0.29) is 5.78 Å². The number of hydrogen-bond donors (Lipinski definition) is 0. The van der Waals surface area contributed by atoms with Crippen molar-refractivity contribution in [2.45, 2.75) is 13.3 Å². The topological polar surface area (TPSA) is 39.4 Å². The molecule has 3 nitrogen and oxygen atoms in total. The van der Waals surface area contributed by atoms with Gasteiger partial charge < -0.3 is 9.15 Å². The van der Waals surface area contributed by atoms with E-state index in [9.17, 15) is 4.79 Å². The Labute approximate surface area is 123 Å². The Balaban J connectivity index is 2.06. The van der Waals surface area contributed by atoms with Crippen LogP contribution in [-0.4, -0.2) is 12.9 Å². The van der Waals surface area contributed by atoms with Crippen LogP contribution in [0.15, 0.2) is 52.9 Å². The van der Waals surface area contributed by atoms with Crippen LogP contribution < -0.4 is 4.74 Å². The van der Waals surface area contributed by atoms with Crippen molar-refractivity contribution in [1.29, 1.82) is 0 Å². The molecule has 0 radical (unpaired) electrons. The summed E-state index contributed by atoms with van der Waals surface area (Å²) < 4.78 is 10.8. The van der Waals surface area contributed by atoms with Crippen LogP contribution in [0.25, 0.3) is 11.0 Å². The Morgan fingerprint density at radius 2 is 1.90 bits per heavy atom. The largest absolute Gasteiger partial charge is 0.497 e. The number of hydrogen-bond acceptors (Lipinski definition) is 3. The summed E-state index contributed by atoms with van der Waals surface area (Å²) in [5.74, 6) is 1.62. The van der Waals surface area contributed by atoms with Crippen molar-refractivity contribution in [3.8, 4) is 5.75 Å². The van der Waals surface area contributed by atoms with E-state index in [4.69, 9.17) is 9.15 Å². The molecule has 1 aromatic heterocycles. The Kier molecular flexibility index (Phi) is 3.48. The molecule has 3 rings (SSSR count). The number of rotatable bonds is 4. The van der Waals surface area contributed by atoms with E-state index in [1.165, 1.54) is 0 Å². The van der Waals surface area contributed by atoms with E-state index in [0.717, 1.165) is 28.9 Å². The maximum atomic E-state index is 12.7. The normalized spacial score (nSPS) is 10.8. The molecule has 0 bridgehead atoms. The zero-order chi connectivity index (χ0) is 14.8. The van der Waals surface area contributed by atoms with E-state index in [1.54, 1.807) is 31.4 Å². The Hall–Kier alpha value is -2.55. The van der Waals surface area contributed by atoms with Crippen LogP contribution in [0.3, 0.4) is 0 Å². The third-order valence-electron chi connectivity index (χ3n) is 3.56. The lowest BCUT2D eigenvalue weighted by Gasteiger charge is -2.04. The summed E-state index contributed by atoms with van der Waals surface area (Å²) >= 11 is 0. The second-order valence-corrected chi connectivity index (χ2v) is 4.84. The van der Waals surface area contributed by atoms with Crippen molar-refractivity contribution in [2.75, 3.05) is 7.11 Å². The van der Waals surface area contributed by atoms with Gasteiger partial charge in [-0.3, -0.25) is 4.79 Å². The quantitative estimate of drug-likeness (QED) is 0.671. The lowest BCUT2D eigenvalue weighted by atomic mass is 10.00. The predicted octanol–water partition coefficient (Wildman–Crippen LogP) is 4.23. The number of fused-ring (bicyclic) bond motifs is 1. The number of carbonyl (C=O) groups is 1. The van der Waals surface area contributed by atoms with E-state index in [2.05, 4.69) is 0 Å². The molecule has 106 valence electrons. The van der Waals surface area contributed by atoms with Gasteiger partial charge in [0.25, 0.3) is 0 Å². The highest BCUT2D eigenvalue weighted by atomic mass is 16.5. The summed E-state index contributed by atoms with van der Waals surface area (Å²) in [4.78, 5) is 12.7. The standard InChI is InChI=1S/C18H16O3/c1-3-13-11-16-15(5-4-6-17(16)21-13)18(19)12-7-9-14(20-2)10-8-12/h4-11H,3H2,1-2H3. The number of aryl methyl sites for hydroxylation is 1. The highest BCUT2D eigenvalue weighted by molar-refractivity contribution is 6.15. The number of carbonyl (C=O) groups excluding carboxylic acids is 1. The molecule has 21 heavy (non-hydrogen) atoms. The molecule has 3 heteroatoms. The van der Waals surface area contributed by atoms with Gasteiger partial charge in [-0.25, -0.2) is 0 Å². The number of benzene rings is 2. The Bertz CT molecular complexity index is 782. The molecule has 0 saturated heterocycles. The van der Waals surface area contributed by atoms with Gasteiger partial charge in [0.1, 0.15) is 17.1 Å². The molecule has 0 fully saturated rings. The van der Waals surface area contributed by atoms with Gasteiger partial charge in [-0.15, -0.1) is 0 Å². The lowest BCUT2D eigenvalue weighted by Crippen LogP contribution is -2.01. The molecule has 3 aromatic rings. The number of furan rings is 1. The van der Waals surface area contributed by atoms with Crippen LogP contribution in [-0.2, 0) is 6.42 Å². The SMILES string of the molecule is CCc1cc2c(C(=O)c3ccc(OC)cc3)cccc2o1. The van der Waals surface area contributed by atoms with Crippen molar-refractivity contribution in [3.63, 3.8) is 0 Å². The summed E-state index contributed by atoms with van der Waals surface area (Å²) in [6.07, 6.45) is 0.810. The van der Waals surface area contributed by atoms with Crippen LogP contribution in [0.5, 0.6) is 5.75 Å². The van der Waals surface area contributed by atoms with Gasteiger partial charge in [0.2, 0.25) is 0 Å². The summed E-state index contributed by atoms with van der Waals surface area (Å²) in [6, 6.07) is 14.7. The average Bonchev–Trinajstić information content (AvgIpc) is 2.97. The van der Waals surface area contributed by atoms with E-state index in [1.807, 2.05) is 31.2 Å². The van der Waals surface area contributed by atoms with Crippen molar-refractivity contribution < 1.29 is 13.9 Å². The molecule has 0 spiro atoms. The molecular weight excluding hydrogens is 264 g/mol. The zero-order valence-electron chi connectivity index (χ0n) is 12.1. The first-order valence-electron chi connectivity index (χ1n) is 6.93. The monoisotopic (exact) mass is 280 g/mol. The highest BCUT2D eigenvalue weighted by Crippen LogP contribution is 2.26. The Morgan fingerprint density at radius 3 is 2.57 bits per heavy atom. The summed E-state index contributed by atoms with van der Waals surface area (Å²) in [5, 5.41) is 0.871. The molecule has 0 aliphatic rings. The summed E-state index contributed by atoms with van der Waals surface area (Å²) in [7, 11) is 1.61. The second-order valence-electron chi connectivity index (χ2n) is 4.84. The van der Waals surface area contributed by atoms with E-state index >= 15 is 0 Å². The minimum absolute atomic E-state index is 0.00768. The fourth-order valence-corrected chi connectivity index (χ4v) is 2.38. The number of methoxy groups -OCH3 is 1. The van der Waals surface area contributed by atoms with Gasteiger partial charge in [-0.1, -0.05) is 19.1 Å². The summed E-state index contributed by atoms with van der Waals surface area (Å²) in [6.45, 7) is 2.03. The average molecular weight is 280 g/mol. The molecule has 0 aliphatic heterocycles. The lowest BCUT2D eigenvalue weighted by molar-refractivity contribution is 0.104. The molecule has 0 amide bonds. The van der Waals surface area contributed by atoms with Gasteiger partial charge in [-0.05, 0) is 36.4 Å². The number of ketones is 1. The maximum absolute atomic E-state index is 12.7. The van der Waals surface area contributed by atoms with Gasteiger partial charge in [0.15, 0.2) is 5.78 Å². The number of ether oxygens (including phenoxy) is 1. The zero-order valence-corrected chi connectivity index (χ0v) is 12.1. The molecule has 1 heterocycles. The van der Waals surface area contributed by atoms with Gasteiger partial charge in [-0.2, -0.15) is 0 Å². The minimum Gasteiger partial charge on any atom is -0.497 e. The van der Waals surface area contributed by atoms with Gasteiger partial charge in [0.05, 0.1) is 7.11 Å². The molecular formula is C18H16O3. The smallest absolute Gasteiger partial charge is 0.193 e. The van der Waals surface area contributed by atoms with Crippen molar-refractivity contribution in [2.24, 2.45) is 0 Å². The first-order chi connectivity index (χ1) is 10.2. The first-order valence-corrected chi connectivity index (χ1v) is 6.93. The molecule has 0 atom stereocenters. The predicted molar refractivity (Wildman–Crippen MR) is 82.0 cm³/mol. The molecule has 2 aromatic carbocycles. The fraction of sp³-hybridized carbons (Fsp3) is 0.167. The third kappa shape index (κ3) is 2.42. The minimum atomic E-state index is -0.00768. The van der Waals surface area contributed by atoms with Crippen molar-refractivity contribution >= 4 is 16.8 Å². The van der Waals surface area contributed by atoms with Crippen molar-refractivity contribution in [3.05, 3.63) is 65.4 Å². The van der Waals surface area contributed by atoms with Crippen LogP contribution in [0.1, 0.15) is 28.6 Å². The van der Waals surface area contributed by atoms with E-state index < -0.39 is 0 Å². The van der Waals surface area contributed by atoms with Crippen LogP contribution in [0.2, 0.25) is 0 Å². The molecule has 0 unspecified atom stereocenters. The van der Waals surface area contributed by atoms with Gasteiger partial charge in [0, 0.05) is 22.9 Å². The fourth-order valence-electron chi connectivity index (χ4n) is 2.38. The third-order valence-corrected chi connectivity index (χ3v) is 3.56. The van der Waals surface area contributed by atoms with Crippen LogP contribution in [0.4, 0.5) is 0 Å². The summed E-state index contributed by atoms with van der Waals surface area (Å²) in [5.41, 5.74) is 2.06. The van der Waals surface area contributed by atoms with Crippen LogP contribution in [0, 0.1) is 0 Å². The van der Waals surface area contributed by atoms with Gasteiger partial charge >= 0.3 is 0 Å². The van der Waals surface area contributed by atoms with Crippen molar-refractivity contribution in [1.82, 2.24) is 0 Å². The first kappa shape index (κ1) is 13.4. The molecule has 0 saturated carbocycles. The second kappa shape index (κ2) is 5.44.